The van der Waals surface area contributed by atoms with E-state index < -0.39 is 5.97 Å². The normalized spacial score (nSPS) is 16.3. The molecule has 5 heteroatoms. The van der Waals surface area contributed by atoms with E-state index in [0.717, 1.165) is 19.3 Å². The number of hydrogen-bond acceptors (Lipinski definition) is 3. The fourth-order valence-electron chi connectivity index (χ4n) is 2.39. The maximum Gasteiger partial charge on any atom is 0.335 e. The Hall–Kier alpha value is -1.88. The van der Waals surface area contributed by atoms with Crippen molar-refractivity contribution in [2.45, 2.75) is 31.3 Å². The number of anilines is 1. The first kappa shape index (κ1) is 14.5. The molecule has 0 unspecified atom stereocenters. The van der Waals surface area contributed by atoms with Crippen molar-refractivity contribution in [2.24, 2.45) is 0 Å². The van der Waals surface area contributed by atoms with Gasteiger partial charge in [-0.3, -0.25) is 4.79 Å². The number of rotatable bonds is 5. The first-order valence-corrected chi connectivity index (χ1v) is 6.62. The molecule has 0 aliphatic heterocycles. The summed E-state index contributed by atoms with van der Waals surface area (Å²) in [5.74, 6) is -0.993. The Morgan fingerprint density at radius 2 is 1.90 bits per heavy atom. The number of carbonyl (C=O) groups is 2. The fourth-order valence-corrected chi connectivity index (χ4v) is 2.39. The number of hydrogen-bond donors (Lipinski definition) is 1. The Bertz CT molecular complexity index is 500. The van der Waals surface area contributed by atoms with Gasteiger partial charge in [0.25, 0.3) is 0 Å². The van der Waals surface area contributed by atoms with Gasteiger partial charge in [-0.15, -0.1) is 0 Å². The van der Waals surface area contributed by atoms with Gasteiger partial charge in [-0.2, -0.15) is 0 Å². The first-order valence-electron chi connectivity index (χ1n) is 6.62. The van der Waals surface area contributed by atoms with E-state index in [0.29, 0.717) is 12.1 Å². The Morgan fingerprint density at radius 1 is 1.30 bits per heavy atom. The summed E-state index contributed by atoms with van der Waals surface area (Å²) >= 11 is 0. The molecule has 20 heavy (non-hydrogen) atoms. The predicted octanol–water partition coefficient (Wildman–Crippen LogP) is 2.31. The molecule has 1 N–H and O–H groups in total. The van der Waals surface area contributed by atoms with E-state index in [-0.39, 0.29) is 17.1 Å². The average molecular weight is 277 g/mol. The van der Waals surface area contributed by atoms with Crippen molar-refractivity contribution in [2.75, 3.05) is 19.1 Å². The van der Waals surface area contributed by atoms with Gasteiger partial charge in [-0.25, -0.2) is 4.79 Å². The lowest BCUT2D eigenvalue weighted by atomic mass is 9.77. The summed E-state index contributed by atoms with van der Waals surface area (Å²) in [5, 5.41) is 8.85. The van der Waals surface area contributed by atoms with Crippen LogP contribution in [0.15, 0.2) is 24.3 Å². The number of amides is 1. The number of carboxylic acid groups (broad SMARTS) is 1. The number of ether oxygens (including phenoxy) is 1. The number of benzene rings is 1. The first-order chi connectivity index (χ1) is 9.47. The molecule has 5 nitrogen and oxygen atoms in total. The molecule has 1 aliphatic carbocycles. The van der Waals surface area contributed by atoms with Gasteiger partial charge < -0.3 is 14.7 Å². The third-order valence-electron chi connectivity index (χ3n) is 4.05. The van der Waals surface area contributed by atoms with E-state index in [9.17, 15) is 9.59 Å². The number of methoxy groups -OCH3 is 1. The summed E-state index contributed by atoms with van der Waals surface area (Å²) in [7, 11) is 3.34. The maximum atomic E-state index is 12.3. The zero-order valence-electron chi connectivity index (χ0n) is 11.8. The molecular formula is C15H19NO4. The summed E-state index contributed by atoms with van der Waals surface area (Å²) in [6.45, 7) is 0. The zero-order chi connectivity index (χ0) is 14.8. The lowest BCUT2D eigenvalue weighted by molar-refractivity contribution is -0.131. The van der Waals surface area contributed by atoms with Crippen LogP contribution in [0, 0.1) is 0 Å². The van der Waals surface area contributed by atoms with Gasteiger partial charge in [-0.05, 0) is 43.5 Å². The van der Waals surface area contributed by atoms with Crippen molar-refractivity contribution < 1.29 is 19.4 Å². The molecule has 1 fully saturated rings. The van der Waals surface area contributed by atoms with Gasteiger partial charge in [0, 0.05) is 19.8 Å². The molecule has 1 aliphatic rings. The van der Waals surface area contributed by atoms with E-state index in [2.05, 4.69) is 0 Å². The number of carboxylic acids is 1. The van der Waals surface area contributed by atoms with Gasteiger partial charge in [0.2, 0.25) is 5.91 Å². The molecule has 1 aromatic rings. The van der Waals surface area contributed by atoms with Crippen LogP contribution in [0.2, 0.25) is 0 Å². The summed E-state index contributed by atoms with van der Waals surface area (Å²) < 4.78 is 5.46. The molecule has 0 radical (unpaired) electrons. The van der Waals surface area contributed by atoms with Crippen molar-refractivity contribution in [3.63, 3.8) is 0 Å². The summed E-state index contributed by atoms with van der Waals surface area (Å²) in [6, 6.07) is 6.27. The molecule has 1 amide bonds. The van der Waals surface area contributed by atoms with Crippen molar-refractivity contribution in [1.29, 1.82) is 0 Å². The third kappa shape index (κ3) is 2.82. The lowest BCUT2D eigenvalue weighted by Gasteiger charge is -2.40. The topological polar surface area (TPSA) is 66.8 Å². The summed E-state index contributed by atoms with van der Waals surface area (Å²) in [4.78, 5) is 24.6. The fraction of sp³-hybridized carbons (Fsp3) is 0.467. The van der Waals surface area contributed by atoms with Crippen LogP contribution in [0.1, 0.15) is 36.0 Å². The molecule has 1 saturated carbocycles. The quantitative estimate of drug-likeness (QED) is 0.896. The SMILES string of the molecule is COC1(CC(=O)N(C)c2ccc(C(=O)O)cc2)CCC1. The molecule has 0 atom stereocenters. The number of carbonyl (C=O) groups excluding carboxylic acids is 1. The number of nitrogens with zero attached hydrogens (tertiary/aromatic N) is 1. The molecule has 0 heterocycles. The highest BCUT2D eigenvalue weighted by molar-refractivity contribution is 5.94. The summed E-state index contributed by atoms with van der Waals surface area (Å²) in [6.07, 6.45) is 3.29. The molecule has 0 saturated heterocycles. The highest BCUT2D eigenvalue weighted by Gasteiger charge is 2.39. The molecular weight excluding hydrogens is 258 g/mol. The van der Waals surface area contributed by atoms with Gasteiger partial charge >= 0.3 is 5.97 Å². The minimum absolute atomic E-state index is 0.0189. The minimum atomic E-state index is -0.974. The molecule has 0 bridgehead atoms. The van der Waals surface area contributed by atoms with E-state index in [1.54, 1.807) is 31.2 Å². The molecule has 108 valence electrons. The lowest BCUT2D eigenvalue weighted by Crippen LogP contribution is -2.44. The van der Waals surface area contributed by atoms with Crippen LogP contribution >= 0.6 is 0 Å². The van der Waals surface area contributed by atoms with Gasteiger partial charge in [0.05, 0.1) is 17.6 Å². The van der Waals surface area contributed by atoms with Crippen LogP contribution < -0.4 is 4.90 Å². The highest BCUT2D eigenvalue weighted by Crippen LogP contribution is 2.38. The van der Waals surface area contributed by atoms with Crippen molar-refractivity contribution in [1.82, 2.24) is 0 Å². The maximum absolute atomic E-state index is 12.3. The van der Waals surface area contributed by atoms with Crippen LogP contribution in [0.25, 0.3) is 0 Å². The van der Waals surface area contributed by atoms with E-state index in [1.807, 2.05) is 0 Å². The van der Waals surface area contributed by atoms with E-state index in [4.69, 9.17) is 9.84 Å². The molecule has 0 aromatic heterocycles. The standard InChI is InChI=1S/C15H19NO4/c1-16(12-6-4-11(5-7-12)14(18)19)13(17)10-15(20-2)8-3-9-15/h4-7H,3,8-10H2,1-2H3,(H,18,19). The van der Waals surface area contributed by atoms with Gasteiger partial charge in [-0.1, -0.05) is 0 Å². The Morgan fingerprint density at radius 3 is 2.30 bits per heavy atom. The minimum Gasteiger partial charge on any atom is -0.478 e. The van der Waals surface area contributed by atoms with Crippen molar-refractivity contribution in [3.8, 4) is 0 Å². The Balaban J connectivity index is 2.04. The second kappa shape index (κ2) is 5.63. The second-order valence-corrected chi connectivity index (χ2v) is 5.22. The highest BCUT2D eigenvalue weighted by atomic mass is 16.5. The van der Waals surface area contributed by atoms with Crippen LogP contribution in [0.3, 0.4) is 0 Å². The molecule has 2 rings (SSSR count). The van der Waals surface area contributed by atoms with Crippen LogP contribution in [0.4, 0.5) is 5.69 Å². The van der Waals surface area contributed by atoms with Crippen molar-refractivity contribution in [3.05, 3.63) is 29.8 Å². The van der Waals surface area contributed by atoms with Crippen molar-refractivity contribution >= 4 is 17.6 Å². The second-order valence-electron chi connectivity index (χ2n) is 5.22. The average Bonchev–Trinajstić information content (AvgIpc) is 2.42. The van der Waals surface area contributed by atoms with Crippen LogP contribution in [-0.4, -0.2) is 36.7 Å². The number of aromatic carboxylic acids is 1. The largest absolute Gasteiger partial charge is 0.478 e. The third-order valence-corrected chi connectivity index (χ3v) is 4.05. The summed E-state index contributed by atoms with van der Waals surface area (Å²) in [5.41, 5.74) is 0.597. The Labute approximate surface area is 118 Å². The smallest absolute Gasteiger partial charge is 0.335 e. The van der Waals surface area contributed by atoms with Gasteiger partial charge in [0.1, 0.15) is 0 Å². The van der Waals surface area contributed by atoms with Gasteiger partial charge in [0.15, 0.2) is 0 Å². The van der Waals surface area contributed by atoms with Crippen LogP contribution in [0.5, 0.6) is 0 Å². The Kier molecular flexibility index (Phi) is 4.09. The molecule has 1 aromatic carbocycles. The van der Waals surface area contributed by atoms with Crippen LogP contribution in [-0.2, 0) is 9.53 Å². The zero-order valence-corrected chi connectivity index (χ0v) is 11.8. The van der Waals surface area contributed by atoms with E-state index >= 15 is 0 Å². The predicted molar refractivity (Wildman–Crippen MR) is 75.0 cm³/mol. The van der Waals surface area contributed by atoms with E-state index in [1.165, 1.54) is 12.1 Å². The molecule has 0 spiro atoms. The monoisotopic (exact) mass is 277 g/mol.